The van der Waals surface area contributed by atoms with E-state index in [1.807, 2.05) is 0 Å². The van der Waals surface area contributed by atoms with Crippen molar-refractivity contribution in [1.82, 2.24) is 4.90 Å². The molecule has 1 rings (SSSR count). The Kier molecular flexibility index (Phi) is 2.76. The predicted octanol–water partition coefficient (Wildman–Crippen LogP) is 0.718. The van der Waals surface area contributed by atoms with Crippen molar-refractivity contribution in [3.05, 3.63) is 6.92 Å². The monoisotopic (exact) mass is 148 g/mol. The minimum atomic E-state index is -0.125. The van der Waals surface area contributed by atoms with Crippen molar-refractivity contribution < 1.29 is 4.74 Å². The summed E-state index contributed by atoms with van der Waals surface area (Å²) in [6.07, 6.45) is 0. The van der Waals surface area contributed by atoms with Crippen LogP contribution in [0, 0.1) is 6.92 Å². The fourth-order valence-corrected chi connectivity index (χ4v) is 1.14. The van der Waals surface area contributed by atoms with Crippen LogP contribution in [-0.2, 0) is 4.74 Å². The van der Waals surface area contributed by atoms with Crippen LogP contribution >= 0.6 is 11.6 Å². The highest BCUT2D eigenvalue weighted by Gasteiger charge is 2.15. The third-order valence-electron chi connectivity index (χ3n) is 1.42. The fraction of sp³-hybridized carbons (Fsp3) is 0.833. The Balaban J connectivity index is 2.23. The summed E-state index contributed by atoms with van der Waals surface area (Å²) in [5.74, 6) is 0. The lowest BCUT2D eigenvalue weighted by molar-refractivity contribution is 0.0188. The smallest absolute Gasteiger partial charge is 0.143 e. The van der Waals surface area contributed by atoms with Gasteiger partial charge in [-0.05, 0) is 13.5 Å². The first kappa shape index (κ1) is 7.32. The number of alkyl halides is 1. The van der Waals surface area contributed by atoms with Gasteiger partial charge in [-0.15, -0.1) is 0 Å². The maximum Gasteiger partial charge on any atom is 0.143 e. The van der Waals surface area contributed by atoms with Gasteiger partial charge >= 0.3 is 0 Å². The van der Waals surface area contributed by atoms with Gasteiger partial charge in [-0.2, -0.15) is 0 Å². The second-order valence-corrected chi connectivity index (χ2v) is 2.57. The Morgan fingerprint density at radius 3 is 3.00 bits per heavy atom. The van der Waals surface area contributed by atoms with E-state index in [0.717, 1.165) is 26.2 Å². The quantitative estimate of drug-likeness (QED) is 0.508. The summed E-state index contributed by atoms with van der Waals surface area (Å²) < 4.78 is 5.11. The molecule has 1 saturated heterocycles. The maximum atomic E-state index is 5.70. The Labute approximate surface area is 60.7 Å². The molecule has 0 aliphatic carbocycles. The molecule has 9 heavy (non-hydrogen) atoms. The molecule has 1 unspecified atom stereocenters. The molecule has 1 aliphatic rings. The van der Waals surface area contributed by atoms with E-state index in [1.54, 1.807) is 0 Å². The van der Waals surface area contributed by atoms with Gasteiger partial charge in [-0.1, -0.05) is 11.6 Å². The van der Waals surface area contributed by atoms with Crippen molar-refractivity contribution in [2.24, 2.45) is 0 Å². The molecular formula is C6H11ClNO. The van der Waals surface area contributed by atoms with Gasteiger partial charge in [0.1, 0.15) is 5.56 Å². The molecule has 0 spiro atoms. The summed E-state index contributed by atoms with van der Waals surface area (Å²) in [5, 5.41) is 0. The maximum absolute atomic E-state index is 5.70. The van der Waals surface area contributed by atoms with Gasteiger partial charge in [0, 0.05) is 13.1 Å². The average molecular weight is 149 g/mol. The van der Waals surface area contributed by atoms with Crippen LogP contribution in [0.2, 0.25) is 0 Å². The Bertz CT molecular complexity index is 89.1. The number of morpholine rings is 1. The molecule has 0 bridgehead atoms. The van der Waals surface area contributed by atoms with Crippen molar-refractivity contribution in [2.45, 2.75) is 5.56 Å². The SMILES string of the molecule is [CH2]CN1CCOC(Cl)C1. The highest BCUT2D eigenvalue weighted by atomic mass is 35.5. The van der Waals surface area contributed by atoms with Gasteiger partial charge in [0.05, 0.1) is 6.61 Å². The molecule has 0 aromatic carbocycles. The molecule has 1 heterocycles. The molecule has 1 aliphatic heterocycles. The molecule has 0 aromatic rings. The molecule has 1 fully saturated rings. The van der Waals surface area contributed by atoms with Gasteiger partial charge in [0.25, 0.3) is 0 Å². The first-order valence-electron chi connectivity index (χ1n) is 3.10. The lowest BCUT2D eigenvalue weighted by Gasteiger charge is -2.28. The van der Waals surface area contributed by atoms with E-state index in [-0.39, 0.29) is 5.56 Å². The Hall–Kier alpha value is 0.210. The normalized spacial score (nSPS) is 30.7. The number of rotatable bonds is 1. The largest absolute Gasteiger partial charge is 0.360 e. The van der Waals surface area contributed by atoms with Crippen LogP contribution in [0.25, 0.3) is 0 Å². The highest BCUT2D eigenvalue weighted by molar-refractivity contribution is 6.19. The summed E-state index contributed by atoms with van der Waals surface area (Å²) >= 11 is 5.70. The van der Waals surface area contributed by atoms with Crippen LogP contribution < -0.4 is 0 Å². The van der Waals surface area contributed by atoms with Crippen molar-refractivity contribution in [2.75, 3.05) is 26.2 Å². The molecule has 0 amide bonds. The zero-order valence-electron chi connectivity index (χ0n) is 5.35. The molecule has 2 nitrogen and oxygen atoms in total. The number of halogens is 1. The van der Waals surface area contributed by atoms with E-state index in [4.69, 9.17) is 16.3 Å². The van der Waals surface area contributed by atoms with Crippen molar-refractivity contribution >= 4 is 11.6 Å². The van der Waals surface area contributed by atoms with Crippen molar-refractivity contribution in [1.29, 1.82) is 0 Å². The first-order valence-corrected chi connectivity index (χ1v) is 3.54. The van der Waals surface area contributed by atoms with Crippen LogP contribution in [0.15, 0.2) is 0 Å². The highest BCUT2D eigenvalue weighted by Crippen LogP contribution is 2.06. The van der Waals surface area contributed by atoms with E-state index in [1.165, 1.54) is 0 Å². The lowest BCUT2D eigenvalue weighted by Crippen LogP contribution is -2.39. The molecule has 1 atom stereocenters. The van der Waals surface area contributed by atoms with Gasteiger partial charge in [-0.3, -0.25) is 4.90 Å². The molecule has 3 heteroatoms. The van der Waals surface area contributed by atoms with Gasteiger partial charge in [-0.25, -0.2) is 0 Å². The molecular weight excluding hydrogens is 138 g/mol. The van der Waals surface area contributed by atoms with E-state index < -0.39 is 0 Å². The predicted molar refractivity (Wildman–Crippen MR) is 37.4 cm³/mol. The fourth-order valence-electron chi connectivity index (χ4n) is 0.860. The molecule has 0 aromatic heterocycles. The summed E-state index contributed by atoms with van der Waals surface area (Å²) in [5.41, 5.74) is -0.125. The van der Waals surface area contributed by atoms with E-state index in [2.05, 4.69) is 11.8 Å². The van der Waals surface area contributed by atoms with Crippen LogP contribution in [0.3, 0.4) is 0 Å². The molecule has 1 radical (unpaired) electrons. The Morgan fingerprint density at radius 2 is 2.56 bits per heavy atom. The van der Waals surface area contributed by atoms with E-state index in [9.17, 15) is 0 Å². The first-order chi connectivity index (χ1) is 4.33. The van der Waals surface area contributed by atoms with E-state index in [0.29, 0.717) is 0 Å². The number of nitrogens with zero attached hydrogens (tertiary/aromatic N) is 1. The zero-order valence-corrected chi connectivity index (χ0v) is 6.10. The summed E-state index contributed by atoms with van der Waals surface area (Å²) in [7, 11) is 0. The molecule has 0 N–H and O–H groups in total. The van der Waals surface area contributed by atoms with Crippen LogP contribution in [-0.4, -0.2) is 36.7 Å². The lowest BCUT2D eigenvalue weighted by atomic mass is 10.4. The van der Waals surface area contributed by atoms with Crippen molar-refractivity contribution in [3.63, 3.8) is 0 Å². The third-order valence-corrected chi connectivity index (χ3v) is 1.69. The summed E-state index contributed by atoms with van der Waals surface area (Å²) in [4.78, 5) is 2.17. The Morgan fingerprint density at radius 1 is 1.78 bits per heavy atom. The second-order valence-electron chi connectivity index (χ2n) is 2.08. The minimum Gasteiger partial charge on any atom is -0.360 e. The second kappa shape index (κ2) is 3.40. The molecule has 53 valence electrons. The van der Waals surface area contributed by atoms with Crippen molar-refractivity contribution in [3.8, 4) is 0 Å². The van der Waals surface area contributed by atoms with Crippen LogP contribution in [0.5, 0.6) is 0 Å². The summed E-state index contributed by atoms with van der Waals surface area (Å²) in [6.45, 7) is 7.10. The topological polar surface area (TPSA) is 12.5 Å². The zero-order chi connectivity index (χ0) is 6.69. The van der Waals surface area contributed by atoms with E-state index >= 15 is 0 Å². The number of ether oxygens (including phenoxy) is 1. The van der Waals surface area contributed by atoms with Gasteiger partial charge in [0.15, 0.2) is 0 Å². The number of hydrogen-bond acceptors (Lipinski definition) is 2. The van der Waals surface area contributed by atoms with Gasteiger partial charge < -0.3 is 4.74 Å². The number of hydrogen-bond donors (Lipinski definition) is 0. The van der Waals surface area contributed by atoms with Crippen LogP contribution in [0.4, 0.5) is 0 Å². The van der Waals surface area contributed by atoms with Gasteiger partial charge in [0.2, 0.25) is 0 Å². The minimum absolute atomic E-state index is 0.125. The molecule has 0 saturated carbocycles. The summed E-state index contributed by atoms with van der Waals surface area (Å²) in [6, 6.07) is 0. The average Bonchev–Trinajstić information content (AvgIpc) is 1.88. The third kappa shape index (κ3) is 2.12. The van der Waals surface area contributed by atoms with Crippen LogP contribution in [0.1, 0.15) is 0 Å². The standard InChI is InChI=1S/C6H11ClNO/c1-2-8-3-4-9-6(7)5-8/h6H,1-5H2.